The molecule has 2 aromatic rings. The van der Waals surface area contributed by atoms with Crippen LogP contribution >= 0.6 is 11.6 Å². The zero-order valence-corrected chi connectivity index (χ0v) is 18.1. The van der Waals surface area contributed by atoms with Gasteiger partial charge in [0.2, 0.25) is 5.91 Å². The molecule has 0 atom stereocenters. The highest BCUT2D eigenvalue weighted by Gasteiger charge is 2.20. The van der Waals surface area contributed by atoms with E-state index in [1.807, 2.05) is 37.1 Å². The van der Waals surface area contributed by atoms with Crippen LogP contribution in [-0.2, 0) is 21.2 Å². The van der Waals surface area contributed by atoms with Crippen LogP contribution < -0.4 is 5.32 Å². The molecule has 1 amide bonds. The number of hydrogen-bond acceptors (Lipinski definition) is 3. The van der Waals surface area contributed by atoms with Crippen LogP contribution in [0.5, 0.6) is 0 Å². The molecule has 0 saturated carbocycles. The lowest BCUT2D eigenvalue weighted by molar-refractivity contribution is -0.116. The number of rotatable bonds is 6. The lowest BCUT2D eigenvalue weighted by Gasteiger charge is -2.11. The molecule has 1 saturated heterocycles. The molecular formula is C21H24ClN3O3S. The molecule has 6 nitrogen and oxygen atoms in total. The Balaban J connectivity index is 1.66. The minimum atomic E-state index is -3.82. The number of likely N-dealkylation sites (tertiary alicyclic amines) is 1. The van der Waals surface area contributed by atoms with Gasteiger partial charge >= 0.3 is 0 Å². The van der Waals surface area contributed by atoms with Crippen molar-refractivity contribution in [2.45, 2.75) is 37.5 Å². The maximum Gasteiger partial charge on any atom is 0.284 e. The number of benzene rings is 2. The van der Waals surface area contributed by atoms with E-state index in [1.165, 1.54) is 12.1 Å². The number of amidine groups is 1. The summed E-state index contributed by atoms with van der Waals surface area (Å²) in [5.74, 6) is 0.370. The first-order valence-electron chi connectivity index (χ1n) is 9.44. The van der Waals surface area contributed by atoms with Crippen molar-refractivity contribution in [3.63, 3.8) is 0 Å². The van der Waals surface area contributed by atoms with Crippen LogP contribution in [0, 0.1) is 6.92 Å². The maximum absolute atomic E-state index is 12.6. The molecule has 1 heterocycles. The summed E-state index contributed by atoms with van der Waals surface area (Å²) in [7, 11) is -1.99. The van der Waals surface area contributed by atoms with Gasteiger partial charge in [0.05, 0.1) is 4.90 Å². The molecule has 3 rings (SSSR count). The average Bonchev–Trinajstić information content (AvgIpc) is 3.07. The van der Waals surface area contributed by atoms with E-state index in [9.17, 15) is 13.2 Å². The summed E-state index contributed by atoms with van der Waals surface area (Å²) < 4.78 is 29.2. The van der Waals surface area contributed by atoms with Crippen molar-refractivity contribution in [3.8, 4) is 0 Å². The molecule has 0 unspecified atom stereocenters. The van der Waals surface area contributed by atoms with E-state index < -0.39 is 10.0 Å². The Kier molecular flexibility index (Phi) is 6.59. The van der Waals surface area contributed by atoms with Gasteiger partial charge in [0.25, 0.3) is 10.0 Å². The van der Waals surface area contributed by atoms with Gasteiger partial charge in [0, 0.05) is 37.1 Å². The van der Waals surface area contributed by atoms with Gasteiger partial charge in [-0.1, -0.05) is 29.8 Å². The van der Waals surface area contributed by atoms with Crippen LogP contribution in [0.1, 0.15) is 30.4 Å². The summed E-state index contributed by atoms with van der Waals surface area (Å²) in [6, 6.07) is 11.9. The fourth-order valence-electron chi connectivity index (χ4n) is 3.11. The minimum absolute atomic E-state index is 0.0633. The number of anilines is 1. The molecule has 29 heavy (non-hydrogen) atoms. The largest absolute Gasteiger partial charge is 0.362 e. The molecule has 0 bridgehead atoms. The third kappa shape index (κ3) is 5.58. The van der Waals surface area contributed by atoms with Gasteiger partial charge in [-0.15, -0.1) is 4.40 Å². The second-order valence-electron chi connectivity index (χ2n) is 7.17. The summed E-state index contributed by atoms with van der Waals surface area (Å²) in [6.45, 7) is 2.73. The van der Waals surface area contributed by atoms with Gasteiger partial charge < -0.3 is 10.2 Å². The summed E-state index contributed by atoms with van der Waals surface area (Å²) in [5, 5.41) is 3.43. The normalized spacial score (nSPS) is 15.7. The van der Waals surface area contributed by atoms with E-state index in [2.05, 4.69) is 9.71 Å². The third-order valence-electron chi connectivity index (χ3n) is 4.85. The van der Waals surface area contributed by atoms with Gasteiger partial charge in [-0.05, 0) is 55.2 Å². The predicted molar refractivity (Wildman–Crippen MR) is 116 cm³/mol. The predicted octanol–water partition coefficient (Wildman–Crippen LogP) is 4.03. The molecule has 0 spiro atoms. The van der Waals surface area contributed by atoms with E-state index in [1.54, 1.807) is 12.1 Å². The average molecular weight is 434 g/mol. The lowest BCUT2D eigenvalue weighted by Crippen LogP contribution is -2.20. The van der Waals surface area contributed by atoms with Crippen LogP contribution in [0.4, 0.5) is 5.69 Å². The van der Waals surface area contributed by atoms with Gasteiger partial charge in [-0.25, -0.2) is 0 Å². The number of hydrogen-bond donors (Lipinski definition) is 1. The quantitative estimate of drug-likeness (QED) is 0.745. The van der Waals surface area contributed by atoms with E-state index in [0.29, 0.717) is 29.4 Å². The SMILES string of the molecule is Cc1ccc(CCC(=O)Nc2cccc(S(=O)(=O)N=C3CCCN3C)c2)cc1Cl. The first-order valence-corrected chi connectivity index (χ1v) is 11.3. The Labute approximate surface area is 176 Å². The summed E-state index contributed by atoms with van der Waals surface area (Å²) in [6.07, 6.45) is 2.36. The fourth-order valence-corrected chi connectivity index (χ4v) is 4.45. The monoisotopic (exact) mass is 433 g/mol. The topological polar surface area (TPSA) is 78.8 Å². The smallest absolute Gasteiger partial charge is 0.284 e. The molecule has 1 aliphatic rings. The molecule has 0 aliphatic carbocycles. The molecular weight excluding hydrogens is 410 g/mol. The second-order valence-corrected chi connectivity index (χ2v) is 9.18. The van der Waals surface area contributed by atoms with E-state index in [4.69, 9.17) is 11.6 Å². The maximum atomic E-state index is 12.6. The van der Waals surface area contributed by atoms with Crippen LogP contribution in [-0.4, -0.2) is 38.7 Å². The molecule has 1 fully saturated rings. The number of carbonyl (C=O) groups is 1. The standard InChI is InChI=1S/C21H24ClN3O3S/c1-15-8-9-16(13-19(15)22)10-11-21(26)23-17-5-3-6-18(14-17)29(27,28)24-20-7-4-12-25(20)2/h3,5-6,8-9,13-14H,4,7,10-12H2,1-2H3,(H,23,26). The number of sulfonamides is 1. The number of halogens is 1. The number of amides is 1. The zero-order valence-electron chi connectivity index (χ0n) is 16.5. The Morgan fingerprint density at radius 2 is 2.03 bits per heavy atom. The van der Waals surface area contributed by atoms with Crippen molar-refractivity contribution < 1.29 is 13.2 Å². The van der Waals surface area contributed by atoms with Crippen molar-refractivity contribution in [3.05, 3.63) is 58.6 Å². The van der Waals surface area contributed by atoms with Gasteiger partial charge in [0.15, 0.2) is 0 Å². The molecule has 1 aliphatic heterocycles. The van der Waals surface area contributed by atoms with Crippen molar-refractivity contribution in [2.75, 3.05) is 18.9 Å². The summed E-state index contributed by atoms with van der Waals surface area (Å²) in [4.78, 5) is 14.2. The third-order valence-corrected chi connectivity index (χ3v) is 6.56. The molecule has 1 N–H and O–H groups in total. The van der Waals surface area contributed by atoms with Crippen molar-refractivity contribution in [2.24, 2.45) is 4.40 Å². The first-order chi connectivity index (χ1) is 13.7. The number of nitrogens with one attached hydrogen (secondary N) is 1. The fraction of sp³-hybridized carbons (Fsp3) is 0.333. The second kappa shape index (κ2) is 8.97. The van der Waals surface area contributed by atoms with Crippen molar-refractivity contribution in [1.82, 2.24) is 4.90 Å². The van der Waals surface area contributed by atoms with Gasteiger partial charge in [0.1, 0.15) is 5.84 Å². The van der Waals surface area contributed by atoms with Crippen LogP contribution in [0.25, 0.3) is 0 Å². The Bertz CT molecular complexity index is 1050. The van der Waals surface area contributed by atoms with Crippen LogP contribution in [0.2, 0.25) is 5.02 Å². The Hall–Kier alpha value is -2.38. The van der Waals surface area contributed by atoms with Crippen molar-refractivity contribution in [1.29, 1.82) is 0 Å². The highest BCUT2D eigenvalue weighted by Crippen LogP contribution is 2.21. The number of nitrogens with zero attached hydrogens (tertiary/aromatic N) is 2. The highest BCUT2D eigenvalue weighted by atomic mass is 35.5. The Morgan fingerprint density at radius 3 is 2.72 bits per heavy atom. The molecule has 154 valence electrons. The molecule has 0 aromatic heterocycles. The van der Waals surface area contributed by atoms with Crippen LogP contribution in [0.15, 0.2) is 51.8 Å². The summed E-state index contributed by atoms with van der Waals surface area (Å²) in [5.41, 5.74) is 2.40. The zero-order chi connectivity index (χ0) is 21.0. The van der Waals surface area contributed by atoms with Crippen molar-refractivity contribution >= 4 is 39.1 Å². The minimum Gasteiger partial charge on any atom is -0.362 e. The molecule has 0 radical (unpaired) electrons. The highest BCUT2D eigenvalue weighted by molar-refractivity contribution is 7.90. The van der Waals surface area contributed by atoms with Gasteiger partial charge in [-0.2, -0.15) is 8.42 Å². The van der Waals surface area contributed by atoms with E-state index in [0.717, 1.165) is 24.1 Å². The molecule has 2 aromatic carbocycles. The number of aryl methyl sites for hydroxylation is 2. The van der Waals surface area contributed by atoms with E-state index >= 15 is 0 Å². The lowest BCUT2D eigenvalue weighted by atomic mass is 10.1. The number of carbonyl (C=O) groups excluding carboxylic acids is 1. The molecule has 8 heteroatoms. The van der Waals surface area contributed by atoms with Gasteiger partial charge in [-0.3, -0.25) is 4.79 Å². The van der Waals surface area contributed by atoms with Crippen LogP contribution in [0.3, 0.4) is 0 Å². The first kappa shape index (κ1) is 21.3. The Morgan fingerprint density at radius 1 is 1.24 bits per heavy atom. The summed E-state index contributed by atoms with van der Waals surface area (Å²) >= 11 is 6.12. The van der Waals surface area contributed by atoms with E-state index in [-0.39, 0.29) is 17.2 Å².